The fraction of sp³-hybridized carbons (Fsp3) is 0.571. The minimum absolute atomic E-state index is 0.213. The Balaban J connectivity index is 1.23. The van der Waals surface area contributed by atoms with Crippen molar-refractivity contribution in [1.82, 2.24) is 19.2 Å². The van der Waals surface area contributed by atoms with Crippen LogP contribution in [0, 0.1) is 11.8 Å². The predicted octanol–water partition coefficient (Wildman–Crippen LogP) is 1.16. The van der Waals surface area contributed by atoms with Crippen molar-refractivity contribution in [2.45, 2.75) is 44.8 Å². The number of rotatable bonds is 4. The molecule has 29 heavy (non-hydrogen) atoms. The summed E-state index contributed by atoms with van der Waals surface area (Å²) < 4.78 is 14.0. The fourth-order valence-corrected chi connectivity index (χ4v) is 5.15. The lowest BCUT2D eigenvalue weighted by molar-refractivity contribution is 0.174. The molecular weight excluding hydrogens is 372 g/mol. The van der Waals surface area contributed by atoms with Crippen molar-refractivity contribution < 1.29 is 9.47 Å². The van der Waals surface area contributed by atoms with Crippen LogP contribution in [0.15, 0.2) is 27.8 Å². The number of ether oxygens (including phenoxy) is 2. The first-order chi connectivity index (χ1) is 14.2. The average Bonchev–Trinajstić information content (AvgIpc) is 3.36. The zero-order chi connectivity index (χ0) is 19.5. The van der Waals surface area contributed by atoms with Crippen LogP contribution in [-0.2, 0) is 19.6 Å². The third-order valence-corrected chi connectivity index (χ3v) is 6.93. The van der Waals surface area contributed by atoms with E-state index in [4.69, 9.17) is 9.47 Å². The van der Waals surface area contributed by atoms with Crippen molar-refractivity contribution in [2.75, 3.05) is 19.9 Å². The first-order valence-electron chi connectivity index (χ1n) is 10.5. The zero-order valence-corrected chi connectivity index (χ0v) is 16.2. The number of fused-ring (bicyclic) bond motifs is 4. The molecule has 0 spiro atoms. The van der Waals surface area contributed by atoms with E-state index in [1.165, 1.54) is 16.7 Å². The SMILES string of the molecule is O=c1c(=O)n2c(nn1CC1CCC1)[C@H]1CN(Cc3ccc4c(c3)OCO4)C[C@H]1C2. The van der Waals surface area contributed by atoms with Gasteiger partial charge >= 0.3 is 11.1 Å². The topological polar surface area (TPSA) is 78.6 Å². The van der Waals surface area contributed by atoms with Crippen LogP contribution >= 0.6 is 0 Å². The summed E-state index contributed by atoms with van der Waals surface area (Å²) in [4.78, 5) is 27.5. The van der Waals surface area contributed by atoms with Gasteiger partial charge in [-0.2, -0.15) is 5.10 Å². The highest BCUT2D eigenvalue weighted by atomic mass is 16.7. The molecule has 0 bridgehead atoms. The third-order valence-electron chi connectivity index (χ3n) is 6.93. The van der Waals surface area contributed by atoms with Gasteiger partial charge in [-0.25, -0.2) is 4.68 Å². The van der Waals surface area contributed by atoms with Gasteiger partial charge in [0.05, 0.1) is 0 Å². The lowest BCUT2D eigenvalue weighted by atomic mass is 9.85. The average molecular weight is 396 g/mol. The maximum absolute atomic E-state index is 12.6. The van der Waals surface area contributed by atoms with E-state index in [9.17, 15) is 9.59 Å². The second-order valence-corrected chi connectivity index (χ2v) is 8.81. The fourth-order valence-electron chi connectivity index (χ4n) is 5.15. The van der Waals surface area contributed by atoms with E-state index in [1.807, 2.05) is 12.1 Å². The summed E-state index contributed by atoms with van der Waals surface area (Å²) >= 11 is 0. The van der Waals surface area contributed by atoms with Crippen LogP contribution in [0.3, 0.4) is 0 Å². The molecule has 4 heterocycles. The van der Waals surface area contributed by atoms with E-state index in [0.29, 0.717) is 24.9 Å². The maximum atomic E-state index is 12.6. The summed E-state index contributed by atoms with van der Waals surface area (Å²) in [6.07, 6.45) is 3.46. The molecule has 8 nitrogen and oxygen atoms in total. The van der Waals surface area contributed by atoms with Crippen molar-refractivity contribution in [2.24, 2.45) is 11.8 Å². The molecule has 4 aliphatic rings. The number of aromatic nitrogens is 3. The monoisotopic (exact) mass is 396 g/mol. The van der Waals surface area contributed by atoms with Gasteiger partial charge in [0.2, 0.25) is 6.79 Å². The van der Waals surface area contributed by atoms with E-state index in [-0.39, 0.29) is 12.7 Å². The molecule has 0 amide bonds. The van der Waals surface area contributed by atoms with Crippen LogP contribution in [0.1, 0.15) is 36.6 Å². The van der Waals surface area contributed by atoms with Gasteiger partial charge in [-0.15, -0.1) is 0 Å². The Bertz CT molecular complexity index is 1090. The summed E-state index contributed by atoms with van der Waals surface area (Å²) in [5.41, 5.74) is 0.332. The molecular formula is C21H24N4O4. The van der Waals surface area contributed by atoms with Crippen LogP contribution in [0.5, 0.6) is 11.5 Å². The third kappa shape index (κ3) is 2.80. The molecule has 6 rings (SSSR count). The molecule has 1 aromatic heterocycles. The Kier molecular flexibility index (Phi) is 3.84. The molecule has 1 saturated heterocycles. The first kappa shape index (κ1) is 17.3. The second kappa shape index (κ2) is 6.45. The largest absolute Gasteiger partial charge is 0.454 e. The standard InChI is InChI=1S/C21H24N4O4/c26-20-21(27)25(8-13-2-1-3-13)22-19-16-11-23(9-15(16)10-24(19)20)7-14-4-5-17-18(6-14)29-12-28-17/h4-6,13,15-16H,1-3,7-12H2/t15-,16-/m0/s1. The van der Waals surface area contributed by atoms with Crippen molar-refractivity contribution in [1.29, 1.82) is 0 Å². The van der Waals surface area contributed by atoms with Crippen molar-refractivity contribution in [3.63, 3.8) is 0 Å². The molecule has 3 aliphatic heterocycles. The quantitative estimate of drug-likeness (QED) is 0.722. The van der Waals surface area contributed by atoms with Gasteiger partial charge in [0.1, 0.15) is 5.82 Å². The minimum Gasteiger partial charge on any atom is -0.454 e. The zero-order valence-electron chi connectivity index (χ0n) is 16.2. The summed E-state index contributed by atoms with van der Waals surface area (Å²) in [6.45, 7) is 4.05. The Labute approximate surface area is 167 Å². The van der Waals surface area contributed by atoms with Crippen LogP contribution in [0.25, 0.3) is 0 Å². The number of nitrogens with zero attached hydrogens (tertiary/aromatic N) is 4. The van der Waals surface area contributed by atoms with E-state index < -0.39 is 11.1 Å². The Hall–Kier alpha value is -2.61. The minimum atomic E-state index is -0.460. The molecule has 2 atom stereocenters. The summed E-state index contributed by atoms with van der Waals surface area (Å²) in [6, 6.07) is 6.09. The van der Waals surface area contributed by atoms with Gasteiger partial charge in [0.25, 0.3) is 0 Å². The summed E-state index contributed by atoms with van der Waals surface area (Å²) in [7, 11) is 0. The van der Waals surface area contributed by atoms with E-state index in [1.54, 1.807) is 4.57 Å². The van der Waals surface area contributed by atoms with Gasteiger partial charge in [0.15, 0.2) is 11.5 Å². The lowest BCUT2D eigenvalue weighted by Crippen LogP contribution is -2.45. The molecule has 0 N–H and O–H groups in total. The van der Waals surface area contributed by atoms with Crippen LogP contribution in [0.4, 0.5) is 0 Å². The van der Waals surface area contributed by atoms with E-state index >= 15 is 0 Å². The normalized spacial score (nSPS) is 25.1. The first-order valence-corrected chi connectivity index (χ1v) is 10.5. The number of hydrogen-bond acceptors (Lipinski definition) is 6. The van der Waals surface area contributed by atoms with Crippen molar-refractivity contribution >= 4 is 0 Å². The summed E-state index contributed by atoms with van der Waals surface area (Å²) in [5.74, 6) is 3.45. The molecule has 2 aromatic rings. The van der Waals surface area contributed by atoms with Crippen LogP contribution < -0.4 is 20.6 Å². The van der Waals surface area contributed by atoms with Crippen molar-refractivity contribution in [3.05, 3.63) is 50.3 Å². The van der Waals surface area contributed by atoms with Crippen molar-refractivity contribution in [3.8, 4) is 11.5 Å². The Morgan fingerprint density at radius 3 is 2.72 bits per heavy atom. The number of likely N-dealkylation sites (tertiary alicyclic amines) is 1. The summed E-state index contributed by atoms with van der Waals surface area (Å²) in [5, 5.41) is 4.67. The smallest absolute Gasteiger partial charge is 0.332 e. The van der Waals surface area contributed by atoms with Gasteiger partial charge in [0, 0.05) is 44.6 Å². The number of benzene rings is 1. The number of hydrogen-bond donors (Lipinski definition) is 0. The van der Waals surface area contributed by atoms with E-state index in [2.05, 4.69) is 16.1 Å². The molecule has 1 aromatic carbocycles. The lowest BCUT2D eigenvalue weighted by Gasteiger charge is -2.25. The van der Waals surface area contributed by atoms with Gasteiger partial charge in [-0.3, -0.25) is 19.1 Å². The van der Waals surface area contributed by atoms with Gasteiger partial charge < -0.3 is 9.47 Å². The van der Waals surface area contributed by atoms with E-state index in [0.717, 1.165) is 49.8 Å². The highest BCUT2D eigenvalue weighted by molar-refractivity contribution is 5.44. The Morgan fingerprint density at radius 1 is 1.03 bits per heavy atom. The Morgan fingerprint density at radius 2 is 1.90 bits per heavy atom. The predicted molar refractivity (Wildman–Crippen MR) is 104 cm³/mol. The van der Waals surface area contributed by atoms with Gasteiger partial charge in [-0.1, -0.05) is 12.5 Å². The molecule has 2 fully saturated rings. The molecule has 152 valence electrons. The van der Waals surface area contributed by atoms with Crippen LogP contribution in [-0.4, -0.2) is 39.1 Å². The molecule has 1 aliphatic carbocycles. The maximum Gasteiger partial charge on any atom is 0.332 e. The molecule has 1 saturated carbocycles. The second-order valence-electron chi connectivity index (χ2n) is 8.81. The highest BCUT2D eigenvalue weighted by Gasteiger charge is 2.42. The molecule has 8 heteroatoms. The molecule has 0 radical (unpaired) electrons. The highest BCUT2D eigenvalue weighted by Crippen LogP contribution is 2.39. The van der Waals surface area contributed by atoms with Gasteiger partial charge in [-0.05, 0) is 36.5 Å². The molecule has 0 unspecified atom stereocenters. The van der Waals surface area contributed by atoms with Crippen LogP contribution in [0.2, 0.25) is 0 Å².